The van der Waals surface area contributed by atoms with Crippen LogP contribution in [0.2, 0.25) is 0 Å². The molecule has 0 fully saturated rings. The molecule has 0 heterocycles. The highest BCUT2D eigenvalue weighted by atomic mass is 16.5. The van der Waals surface area contributed by atoms with Gasteiger partial charge < -0.3 is 4.74 Å². The summed E-state index contributed by atoms with van der Waals surface area (Å²) in [6.45, 7) is 13.7. The molecule has 20 heavy (non-hydrogen) atoms. The fourth-order valence-electron chi connectivity index (χ4n) is 1.91. The van der Waals surface area contributed by atoms with Crippen LogP contribution in [0.4, 0.5) is 0 Å². The fraction of sp³-hybridized carbons (Fsp3) is 0.789. The maximum Gasteiger partial charge on any atom is 0.114 e. The van der Waals surface area contributed by atoms with E-state index in [9.17, 15) is 0 Å². The molecule has 0 aromatic carbocycles. The molecular weight excluding hydrogens is 244 g/mol. The summed E-state index contributed by atoms with van der Waals surface area (Å²) in [5, 5.41) is 0. The van der Waals surface area contributed by atoms with Gasteiger partial charge in [0.2, 0.25) is 0 Å². The normalized spacial score (nSPS) is 13.0. The Morgan fingerprint density at radius 1 is 1.00 bits per heavy atom. The second kappa shape index (κ2) is 18.3. The third kappa shape index (κ3) is 13.7. The molecule has 0 aliphatic heterocycles. The number of rotatable bonds is 11. The van der Waals surface area contributed by atoms with Crippen LogP contribution in [0, 0.1) is 5.92 Å². The van der Waals surface area contributed by atoms with Gasteiger partial charge in [-0.2, -0.15) is 0 Å². The van der Waals surface area contributed by atoms with Crippen molar-refractivity contribution in [3.63, 3.8) is 0 Å². The van der Waals surface area contributed by atoms with Crippen LogP contribution in [-0.4, -0.2) is 6.61 Å². The van der Waals surface area contributed by atoms with Gasteiger partial charge in [-0.05, 0) is 37.3 Å². The average Bonchev–Trinajstić information content (AvgIpc) is 2.50. The van der Waals surface area contributed by atoms with Gasteiger partial charge in [0.15, 0.2) is 0 Å². The molecule has 0 bridgehead atoms. The van der Waals surface area contributed by atoms with Crippen LogP contribution in [0.15, 0.2) is 24.0 Å². The molecule has 0 saturated heterocycles. The van der Waals surface area contributed by atoms with Crippen molar-refractivity contribution in [2.24, 2.45) is 5.92 Å². The molecule has 0 radical (unpaired) electrons. The Balaban J connectivity index is 0. The van der Waals surface area contributed by atoms with E-state index in [0.29, 0.717) is 5.92 Å². The monoisotopic (exact) mass is 282 g/mol. The molecule has 0 aliphatic carbocycles. The Morgan fingerprint density at radius 2 is 1.70 bits per heavy atom. The highest BCUT2D eigenvalue weighted by Gasteiger charge is 2.07. The number of ether oxygens (including phenoxy) is 1. The third-order valence-corrected chi connectivity index (χ3v) is 3.20. The van der Waals surface area contributed by atoms with Gasteiger partial charge in [0.1, 0.15) is 5.76 Å². The third-order valence-electron chi connectivity index (χ3n) is 3.20. The van der Waals surface area contributed by atoms with Crippen LogP contribution < -0.4 is 0 Å². The SMILES string of the molecule is CC.CC/C=C\C(=C/CC)OCC(CC)CCCCC. The van der Waals surface area contributed by atoms with Crippen LogP contribution >= 0.6 is 0 Å². The van der Waals surface area contributed by atoms with Gasteiger partial charge >= 0.3 is 0 Å². The zero-order valence-corrected chi connectivity index (χ0v) is 14.9. The maximum atomic E-state index is 5.94. The summed E-state index contributed by atoms with van der Waals surface area (Å²) in [6, 6.07) is 0. The summed E-state index contributed by atoms with van der Waals surface area (Å²) in [5.41, 5.74) is 0. The number of allylic oxidation sites excluding steroid dienone is 3. The Morgan fingerprint density at radius 3 is 2.20 bits per heavy atom. The summed E-state index contributed by atoms with van der Waals surface area (Å²) in [5.74, 6) is 1.76. The Kier molecular flexibility index (Phi) is 19.7. The summed E-state index contributed by atoms with van der Waals surface area (Å²) in [4.78, 5) is 0. The largest absolute Gasteiger partial charge is 0.494 e. The molecule has 1 unspecified atom stereocenters. The maximum absolute atomic E-state index is 5.94. The Labute approximate surface area is 128 Å². The lowest BCUT2D eigenvalue weighted by Crippen LogP contribution is -2.08. The van der Waals surface area contributed by atoms with Gasteiger partial charge in [-0.3, -0.25) is 0 Å². The minimum Gasteiger partial charge on any atom is -0.494 e. The lowest BCUT2D eigenvalue weighted by Gasteiger charge is -2.16. The van der Waals surface area contributed by atoms with E-state index in [0.717, 1.165) is 25.2 Å². The summed E-state index contributed by atoms with van der Waals surface area (Å²) in [7, 11) is 0. The zero-order chi connectivity index (χ0) is 15.6. The molecule has 0 aliphatic rings. The van der Waals surface area contributed by atoms with E-state index in [1.54, 1.807) is 0 Å². The molecule has 0 aromatic rings. The van der Waals surface area contributed by atoms with Crippen LogP contribution in [0.25, 0.3) is 0 Å². The summed E-state index contributed by atoms with van der Waals surface area (Å²) < 4.78 is 5.94. The summed E-state index contributed by atoms with van der Waals surface area (Å²) in [6.07, 6.45) is 15.1. The van der Waals surface area contributed by atoms with Gasteiger partial charge in [-0.25, -0.2) is 0 Å². The number of unbranched alkanes of at least 4 members (excludes halogenated alkanes) is 2. The highest BCUT2D eigenvalue weighted by Crippen LogP contribution is 2.16. The van der Waals surface area contributed by atoms with Crippen molar-refractivity contribution in [3.05, 3.63) is 24.0 Å². The lowest BCUT2D eigenvalue weighted by molar-refractivity contribution is 0.164. The molecule has 0 N–H and O–H groups in total. The predicted molar refractivity (Wildman–Crippen MR) is 93.0 cm³/mol. The Bertz CT molecular complexity index is 228. The van der Waals surface area contributed by atoms with Crippen molar-refractivity contribution in [2.75, 3.05) is 6.61 Å². The van der Waals surface area contributed by atoms with Crippen molar-refractivity contribution in [1.82, 2.24) is 0 Å². The molecule has 1 heteroatoms. The van der Waals surface area contributed by atoms with E-state index in [1.807, 2.05) is 13.8 Å². The minimum absolute atomic E-state index is 0.715. The fourth-order valence-corrected chi connectivity index (χ4v) is 1.91. The molecule has 0 spiro atoms. The van der Waals surface area contributed by atoms with Gasteiger partial charge in [-0.15, -0.1) is 0 Å². The van der Waals surface area contributed by atoms with E-state index in [1.165, 1.54) is 32.1 Å². The molecule has 0 saturated carbocycles. The van der Waals surface area contributed by atoms with Crippen LogP contribution in [0.5, 0.6) is 0 Å². The standard InChI is InChI=1S/C17H32O.C2H6/c1-5-9-11-13-16(8-4)15-18-17(12-7-3)14-10-6-2;1-2/h10,12,14,16H,5-9,11,13,15H2,1-4H3;1-2H3/b14-10-,17-12+;. The van der Waals surface area contributed by atoms with Crippen LogP contribution in [0.3, 0.4) is 0 Å². The number of hydrogen-bond acceptors (Lipinski definition) is 1. The van der Waals surface area contributed by atoms with Crippen LogP contribution in [0.1, 0.15) is 86.5 Å². The number of hydrogen-bond donors (Lipinski definition) is 0. The Hall–Kier alpha value is -0.720. The first kappa shape index (κ1) is 21.6. The second-order valence-corrected chi connectivity index (χ2v) is 4.91. The first-order valence-corrected chi connectivity index (χ1v) is 8.77. The molecule has 1 nitrogen and oxygen atoms in total. The van der Waals surface area contributed by atoms with Crippen molar-refractivity contribution in [2.45, 2.75) is 86.5 Å². The quantitative estimate of drug-likeness (QED) is 0.227. The molecule has 1 atom stereocenters. The minimum atomic E-state index is 0.715. The van der Waals surface area contributed by atoms with E-state index in [-0.39, 0.29) is 0 Å². The van der Waals surface area contributed by atoms with Crippen LogP contribution in [-0.2, 0) is 4.74 Å². The molecule has 0 aromatic heterocycles. The van der Waals surface area contributed by atoms with Gasteiger partial charge in [0.25, 0.3) is 0 Å². The second-order valence-electron chi connectivity index (χ2n) is 4.91. The topological polar surface area (TPSA) is 9.23 Å². The van der Waals surface area contributed by atoms with E-state index in [4.69, 9.17) is 4.74 Å². The molecule has 120 valence electrons. The molecule has 0 amide bonds. The smallest absolute Gasteiger partial charge is 0.114 e. The first-order valence-electron chi connectivity index (χ1n) is 8.77. The van der Waals surface area contributed by atoms with E-state index < -0.39 is 0 Å². The van der Waals surface area contributed by atoms with Crippen molar-refractivity contribution >= 4 is 0 Å². The lowest BCUT2D eigenvalue weighted by atomic mass is 10.00. The average molecular weight is 283 g/mol. The highest BCUT2D eigenvalue weighted by molar-refractivity contribution is 5.11. The van der Waals surface area contributed by atoms with Gasteiger partial charge in [0.05, 0.1) is 6.61 Å². The predicted octanol–water partition coefficient (Wildman–Crippen LogP) is 6.90. The zero-order valence-electron chi connectivity index (χ0n) is 14.9. The van der Waals surface area contributed by atoms with Crippen molar-refractivity contribution < 1.29 is 4.74 Å². The first-order chi connectivity index (χ1) is 9.78. The van der Waals surface area contributed by atoms with Crippen molar-refractivity contribution in [1.29, 1.82) is 0 Å². The molecular formula is C19H38O. The van der Waals surface area contributed by atoms with Gasteiger partial charge in [0, 0.05) is 0 Å². The van der Waals surface area contributed by atoms with Crippen molar-refractivity contribution in [3.8, 4) is 0 Å². The van der Waals surface area contributed by atoms with Gasteiger partial charge in [-0.1, -0.05) is 73.3 Å². The molecule has 0 rings (SSSR count). The van der Waals surface area contributed by atoms with E-state index in [2.05, 4.69) is 45.9 Å². The van der Waals surface area contributed by atoms with E-state index >= 15 is 0 Å². The summed E-state index contributed by atoms with van der Waals surface area (Å²) >= 11 is 0.